The van der Waals surface area contributed by atoms with Crippen molar-refractivity contribution in [3.8, 4) is 11.4 Å². The molecule has 0 saturated carbocycles. The molecule has 0 aliphatic carbocycles. The number of nitrogens with zero attached hydrogens (tertiary/aromatic N) is 4. The fraction of sp³-hybridized carbons (Fsp3) is 0.120. The second kappa shape index (κ2) is 7.77. The van der Waals surface area contributed by atoms with E-state index in [-0.39, 0.29) is 18.0 Å². The molecule has 0 atom stereocenters. The van der Waals surface area contributed by atoms with Crippen LogP contribution < -0.4 is 10.9 Å². The predicted octanol–water partition coefficient (Wildman–Crippen LogP) is 3.97. The van der Waals surface area contributed by atoms with Gasteiger partial charge in [-0.3, -0.25) is 14.6 Å². The van der Waals surface area contributed by atoms with E-state index < -0.39 is 0 Å². The van der Waals surface area contributed by atoms with Gasteiger partial charge in [-0.15, -0.1) is 0 Å². The zero-order chi connectivity index (χ0) is 22.2. The van der Waals surface area contributed by atoms with Crippen LogP contribution >= 0.6 is 0 Å². The van der Waals surface area contributed by atoms with Gasteiger partial charge in [-0.05, 0) is 61.4 Å². The molecule has 32 heavy (non-hydrogen) atoms. The number of nitrogens with one attached hydrogen (secondary N) is 1. The maximum atomic E-state index is 13.0. The van der Waals surface area contributed by atoms with Crippen LogP contribution in [0.25, 0.3) is 28.2 Å². The van der Waals surface area contributed by atoms with E-state index >= 15 is 0 Å². The predicted molar refractivity (Wildman–Crippen MR) is 125 cm³/mol. The fourth-order valence-electron chi connectivity index (χ4n) is 3.83. The Morgan fingerprint density at radius 3 is 2.44 bits per heavy atom. The molecular weight excluding hydrogens is 402 g/mol. The molecule has 2 aromatic carbocycles. The summed E-state index contributed by atoms with van der Waals surface area (Å²) < 4.78 is 3.30. The summed E-state index contributed by atoms with van der Waals surface area (Å²) >= 11 is 0. The summed E-state index contributed by atoms with van der Waals surface area (Å²) in [6.45, 7) is 4.05. The molecule has 3 heterocycles. The standard InChI is InChI=1S/C25H21N5O2/c1-16-10-11-18(13-17(16)2)27-23(31)15-29-21-8-3-4-9-22(21)30-24(32)14-20(28-25(29)30)19-7-5-6-12-26-19/h3-14H,15H2,1-2H3,(H,27,31). The number of imidazole rings is 1. The number of benzene rings is 2. The number of pyridine rings is 1. The number of hydrogen-bond donors (Lipinski definition) is 1. The number of carbonyl (C=O) groups is 1. The number of hydrogen-bond acceptors (Lipinski definition) is 4. The number of aryl methyl sites for hydroxylation is 2. The lowest BCUT2D eigenvalue weighted by Gasteiger charge is -2.10. The van der Waals surface area contributed by atoms with Gasteiger partial charge in [0.1, 0.15) is 6.54 Å². The van der Waals surface area contributed by atoms with Crippen molar-refractivity contribution in [3.05, 3.63) is 94.4 Å². The summed E-state index contributed by atoms with van der Waals surface area (Å²) in [7, 11) is 0. The van der Waals surface area contributed by atoms with Crippen molar-refractivity contribution in [3.63, 3.8) is 0 Å². The zero-order valence-corrected chi connectivity index (χ0v) is 17.7. The molecule has 7 heteroatoms. The van der Waals surface area contributed by atoms with E-state index in [0.717, 1.165) is 22.3 Å². The summed E-state index contributed by atoms with van der Waals surface area (Å²) in [4.78, 5) is 35.0. The third-order valence-electron chi connectivity index (χ3n) is 5.58. The van der Waals surface area contributed by atoms with Gasteiger partial charge < -0.3 is 9.88 Å². The number of aromatic nitrogens is 4. The van der Waals surface area contributed by atoms with Crippen molar-refractivity contribution < 1.29 is 4.79 Å². The van der Waals surface area contributed by atoms with Crippen molar-refractivity contribution in [1.29, 1.82) is 0 Å². The third kappa shape index (κ3) is 3.43. The molecule has 0 aliphatic rings. The van der Waals surface area contributed by atoms with Crippen LogP contribution in [0.1, 0.15) is 11.1 Å². The molecule has 5 rings (SSSR count). The molecule has 0 radical (unpaired) electrons. The van der Waals surface area contributed by atoms with Crippen molar-refractivity contribution >= 4 is 28.4 Å². The molecule has 0 bridgehead atoms. The molecular formula is C25H21N5O2. The first-order valence-corrected chi connectivity index (χ1v) is 10.3. The lowest BCUT2D eigenvalue weighted by atomic mass is 10.1. The van der Waals surface area contributed by atoms with Crippen molar-refractivity contribution in [2.45, 2.75) is 20.4 Å². The van der Waals surface area contributed by atoms with Gasteiger partial charge in [-0.2, -0.15) is 0 Å². The Morgan fingerprint density at radius 2 is 1.69 bits per heavy atom. The first-order chi connectivity index (χ1) is 15.5. The summed E-state index contributed by atoms with van der Waals surface area (Å²) in [6.07, 6.45) is 1.66. The normalized spacial score (nSPS) is 11.2. The molecule has 0 aliphatic heterocycles. The average Bonchev–Trinajstić information content (AvgIpc) is 3.11. The molecule has 1 N–H and O–H groups in total. The molecule has 0 spiro atoms. The minimum absolute atomic E-state index is 0.0159. The maximum absolute atomic E-state index is 13.0. The van der Waals surface area contributed by atoms with Crippen molar-refractivity contribution in [1.82, 2.24) is 18.9 Å². The summed E-state index contributed by atoms with van der Waals surface area (Å²) in [5.74, 6) is 0.198. The van der Waals surface area contributed by atoms with Gasteiger partial charge in [0.2, 0.25) is 11.7 Å². The second-order valence-corrected chi connectivity index (χ2v) is 7.75. The largest absolute Gasteiger partial charge is 0.325 e. The quantitative estimate of drug-likeness (QED) is 0.474. The number of amides is 1. The highest BCUT2D eigenvalue weighted by Crippen LogP contribution is 2.21. The molecule has 5 aromatic rings. The minimum Gasteiger partial charge on any atom is -0.325 e. The number of carbonyl (C=O) groups excluding carboxylic acids is 1. The van der Waals surface area contributed by atoms with Crippen molar-refractivity contribution in [2.75, 3.05) is 5.32 Å². The van der Waals surface area contributed by atoms with Crippen LogP contribution in [0.3, 0.4) is 0 Å². The smallest absolute Gasteiger partial charge is 0.260 e. The van der Waals surface area contributed by atoms with Crippen LogP contribution in [0.15, 0.2) is 77.7 Å². The first kappa shape index (κ1) is 19.7. The van der Waals surface area contributed by atoms with Crippen molar-refractivity contribution in [2.24, 2.45) is 0 Å². The second-order valence-electron chi connectivity index (χ2n) is 7.75. The summed E-state index contributed by atoms with van der Waals surface area (Å²) in [5, 5.41) is 2.95. The minimum atomic E-state index is -0.222. The molecule has 0 fully saturated rings. The fourth-order valence-corrected chi connectivity index (χ4v) is 3.83. The summed E-state index contributed by atoms with van der Waals surface area (Å²) in [6, 6.07) is 20.2. The Morgan fingerprint density at radius 1 is 0.906 bits per heavy atom. The van der Waals surface area contributed by atoms with E-state index in [9.17, 15) is 9.59 Å². The van der Waals surface area contributed by atoms with E-state index in [1.165, 1.54) is 10.5 Å². The number of para-hydroxylation sites is 2. The van der Waals surface area contributed by atoms with Gasteiger partial charge in [0.25, 0.3) is 5.56 Å². The van der Waals surface area contributed by atoms with Gasteiger partial charge in [-0.1, -0.05) is 24.3 Å². The van der Waals surface area contributed by atoms with Gasteiger partial charge in [-0.25, -0.2) is 9.38 Å². The lowest BCUT2D eigenvalue weighted by Crippen LogP contribution is -2.20. The van der Waals surface area contributed by atoms with Gasteiger partial charge in [0.15, 0.2) is 0 Å². The Balaban J connectivity index is 1.62. The molecule has 7 nitrogen and oxygen atoms in total. The third-order valence-corrected chi connectivity index (χ3v) is 5.58. The summed E-state index contributed by atoms with van der Waals surface area (Å²) in [5.41, 5.74) is 5.30. The Labute approximate surface area is 184 Å². The molecule has 0 saturated heterocycles. The molecule has 1 amide bonds. The highest BCUT2D eigenvalue weighted by molar-refractivity contribution is 5.93. The van der Waals surface area contributed by atoms with Crippen LogP contribution in [0.4, 0.5) is 5.69 Å². The number of anilines is 1. The van der Waals surface area contributed by atoms with E-state index in [1.807, 2.05) is 68.4 Å². The highest BCUT2D eigenvalue weighted by Gasteiger charge is 2.17. The number of rotatable bonds is 4. The zero-order valence-electron chi connectivity index (χ0n) is 17.7. The van der Waals surface area contributed by atoms with Crippen LogP contribution in [-0.4, -0.2) is 24.8 Å². The first-order valence-electron chi connectivity index (χ1n) is 10.3. The number of fused-ring (bicyclic) bond motifs is 3. The SMILES string of the molecule is Cc1ccc(NC(=O)Cn2c3ccccc3n3c(=O)cc(-c4ccccn4)nc23)cc1C. The average molecular weight is 423 g/mol. The monoisotopic (exact) mass is 423 g/mol. The Bertz CT molecular complexity index is 1530. The molecule has 0 unspecified atom stereocenters. The van der Waals surface area contributed by atoms with E-state index in [4.69, 9.17) is 4.98 Å². The molecule has 3 aromatic heterocycles. The van der Waals surface area contributed by atoms with E-state index in [0.29, 0.717) is 22.7 Å². The van der Waals surface area contributed by atoms with Gasteiger partial charge >= 0.3 is 0 Å². The Hall–Kier alpha value is -4.26. The van der Waals surface area contributed by atoms with Crippen LogP contribution in [-0.2, 0) is 11.3 Å². The Kier molecular flexibility index (Phi) is 4.78. The van der Waals surface area contributed by atoms with E-state index in [2.05, 4.69) is 10.3 Å². The van der Waals surface area contributed by atoms with Crippen LogP contribution in [0.2, 0.25) is 0 Å². The van der Waals surface area contributed by atoms with Crippen LogP contribution in [0, 0.1) is 13.8 Å². The highest BCUT2D eigenvalue weighted by atomic mass is 16.2. The van der Waals surface area contributed by atoms with Gasteiger partial charge in [0.05, 0.1) is 22.4 Å². The maximum Gasteiger partial charge on any atom is 0.260 e. The van der Waals surface area contributed by atoms with E-state index in [1.54, 1.807) is 16.8 Å². The molecule has 158 valence electrons. The van der Waals surface area contributed by atoms with Crippen LogP contribution in [0.5, 0.6) is 0 Å². The lowest BCUT2D eigenvalue weighted by molar-refractivity contribution is -0.116. The van der Waals surface area contributed by atoms with Gasteiger partial charge in [0, 0.05) is 18.0 Å². The topological polar surface area (TPSA) is 81.3 Å².